The SMILES string of the molecule is C=CC.C=CC.C=CC.C=CC.CCOC.OCCO. The van der Waals surface area contributed by atoms with Crippen LogP contribution in [0.25, 0.3) is 0 Å². The van der Waals surface area contributed by atoms with Crippen molar-refractivity contribution in [1.29, 1.82) is 0 Å². The molecule has 2 N–H and O–H groups in total. The van der Waals surface area contributed by atoms with Crippen LogP contribution in [0.4, 0.5) is 0 Å². The standard InChI is InChI=1S/C3H8O.4C3H6.C2H6O2/c1-3-4-2;4*1-3-2;3-1-2-4/h3H2,1-2H3;4*3H,1H2,2H3;3-4H,1-2H2. The third kappa shape index (κ3) is 5990. The van der Waals surface area contributed by atoms with Gasteiger partial charge in [-0.2, -0.15) is 0 Å². The van der Waals surface area contributed by atoms with Gasteiger partial charge in [-0.1, -0.05) is 24.3 Å². The first-order valence-electron chi connectivity index (χ1n) is 6.48. The summed E-state index contributed by atoms with van der Waals surface area (Å²) < 4.78 is 4.54. The molecule has 0 amide bonds. The summed E-state index contributed by atoms with van der Waals surface area (Å²) in [5, 5.41) is 15.2. The van der Waals surface area contributed by atoms with Crippen LogP contribution in [0.3, 0.4) is 0 Å². The molecule has 0 atom stereocenters. The second kappa shape index (κ2) is 108. The highest BCUT2D eigenvalue weighted by atomic mass is 16.5. The summed E-state index contributed by atoms with van der Waals surface area (Å²) in [4.78, 5) is 0. The Hall–Kier alpha value is -1.16. The Morgan fingerprint density at radius 3 is 0.850 bits per heavy atom. The van der Waals surface area contributed by atoms with E-state index in [1.807, 2.05) is 34.6 Å². The van der Waals surface area contributed by atoms with Crippen LogP contribution < -0.4 is 0 Å². The Bertz CT molecular complexity index is 100. The molecule has 124 valence electrons. The Balaban J connectivity index is -0.0000000296. The molecule has 3 nitrogen and oxygen atoms in total. The van der Waals surface area contributed by atoms with Gasteiger partial charge in [0.05, 0.1) is 13.2 Å². The average Bonchev–Trinajstić information content (AvgIpc) is 2.42. The number of ether oxygens (including phenoxy) is 1. The molecule has 0 radical (unpaired) electrons. The zero-order chi connectivity index (χ0) is 17.7. The second-order valence-electron chi connectivity index (χ2n) is 2.66. The number of aliphatic hydroxyl groups excluding tert-OH is 2. The number of aliphatic hydroxyl groups is 2. The molecule has 0 rings (SSSR count). The molecule has 0 aliphatic carbocycles. The van der Waals surface area contributed by atoms with Crippen molar-refractivity contribution in [2.75, 3.05) is 26.9 Å². The average molecular weight is 290 g/mol. The molecule has 0 fully saturated rings. The molecule has 0 saturated heterocycles. The van der Waals surface area contributed by atoms with E-state index in [4.69, 9.17) is 10.2 Å². The van der Waals surface area contributed by atoms with Gasteiger partial charge in [0, 0.05) is 13.7 Å². The van der Waals surface area contributed by atoms with Crippen molar-refractivity contribution >= 4 is 0 Å². The molecule has 0 aliphatic heterocycles. The third-order valence-corrected chi connectivity index (χ3v) is 0.389. The van der Waals surface area contributed by atoms with Crippen LogP contribution in [0.15, 0.2) is 50.6 Å². The lowest BCUT2D eigenvalue weighted by atomic mass is 10.8. The van der Waals surface area contributed by atoms with Crippen LogP contribution in [-0.4, -0.2) is 37.1 Å². The van der Waals surface area contributed by atoms with Gasteiger partial charge in [-0.15, -0.1) is 26.3 Å². The maximum Gasteiger partial charge on any atom is 0.0662 e. The topological polar surface area (TPSA) is 49.7 Å². The van der Waals surface area contributed by atoms with Crippen molar-refractivity contribution in [2.45, 2.75) is 34.6 Å². The molecule has 0 heterocycles. The number of hydrogen-bond donors (Lipinski definition) is 2. The molecular weight excluding hydrogens is 252 g/mol. The molecule has 0 aromatic heterocycles. The van der Waals surface area contributed by atoms with Gasteiger partial charge in [-0.25, -0.2) is 0 Å². The predicted molar refractivity (Wildman–Crippen MR) is 95.2 cm³/mol. The van der Waals surface area contributed by atoms with E-state index in [0.29, 0.717) is 0 Å². The molecule has 0 unspecified atom stereocenters. The first kappa shape index (κ1) is 36.4. The summed E-state index contributed by atoms with van der Waals surface area (Å²) in [6.45, 7) is 23.5. The van der Waals surface area contributed by atoms with E-state index >= 15 is 0 Å². The normalized spacial score (nSPS) is 5.60. The summed E-state index contributed by atoms with van der Waals surface area (Å²) >= 11 is 0. The highest BCUT2D eigenvalue weighted by Gasteiger charge is 1.58. The van der Waals surface area contributed by atoms with Crippen LogP contribution in [-0.2, 0) is 4.74 Å². The molecule has 0 aromatic rings. The zero-order valence-electron chi connectivity index (χ0n) is 14.6. The molecular formula is C17H38O3. The van der Waals surface area contributed by atoms with Crippen molar-refractivity contribution in [3.8, 4) is 0 Å². The number of allylic oxidation sites excluding steroid dienone is 4. The summed E-state index contributed by atoms with van der Waals surface area (Å²) in [7, 11) is 1.68. The fourth-order valence-electron chi connectivity index (χ4n) is 0. The fraction of sp³-hybridized carbons (Fsp3) is 0.529. The van der Waals surface area contributed by atoms with Gasteiger partial charge in [0.1, 0.15) is 0 Å². The van der Waals surface area contributed by atoms with Gasteiger partial charge in [-0.05, 0) is 34.6 Å². The fourth-order valence-corrected chi connectivity index (χ4v) is 0. The molecule has 0 bridgehead atoms. The Morgan fingerprint density at radius 2 is 0.850 bits per heavy atom. The van der Waals surface area contributed by atoms with E-state index in [2.05, 4.69) is 31.1 Å². The highest BCUT2D eigenvalue weighted by molar-refractivity contribution is 4.52. The molecule has 20 heavy (non-hydrogen) atoms. The lowest BCUT2D eigenvalue weighted by molar-refractivity contribution is 0.186. The van der Waals surface area contributed by atoms with Gasteiger partial charge in [0.25, 0.3) is 0 Å². The van der Waals surface area contributed by atoms with Gasteiger partial charge < -0.3 is 14.9 Å². The van der Waals surface area contributed by atoms with E-state index in [1.165, 1.54) is 0 Å². The van der Waals surface area contributed by atoms with Crippen molar-refractivity contribution in [2.24, 2.45) is 0 Å². The second-order valence-corrected chi connectivity index (χ2v) is 2.66. The van der Waals surface area contributed by atoms with E-state index in [1.54, 1.807) is 31.4 Å². The number of methoxy groups -OCH3 is 1. The highest BCUT2D eigenvalue weighted by Crippen LogP contribution is 1.52. The Morgan fingerprint density at radius 1 is 0.750 bits per heavy atom. The van der Waals surface area contributed by atoms with Crippen molar-refractivity contribution in [1.82, 2.24) is 0 Å². The summed E-state index contributed by atoms with van der Waals surface area (Å²) in [6, 6.07) is 0. The summed E-state index contributed by atoms with van der Waals surface area (Å²) in [6.07, 6.45) is 7.00. The number of rotatable bonds is 2. The van der Waals surface area contributed by atoms with E-state index in [0.717, 1.165) is 6.61 Å². The smallest absolute Gasteiger partial charge is 0.0662 e. The van der Waals surface area contributed by atoms with Crippen molar-refractivity contribution in [3.63, 3.8) is 0 Å². The summed E-state index contributed by atoms with van der Waals surface area (Å²) in [5.41, 5.74) is 0. The lowest BCUT2D eigenvalue weighted by Gasteiger charge is -1.76. The van der Waals surface area contributed by atoms with Crippen LogP contribution in [0.2, 0.25) is 0 Å². The first-order chi connectivity index (χ1) is 9.49. The first-order valence-corrected chi connectivity index (χ1v) is 6.48. The van der Waals surface area contributed by atoms with Gasteiger partial charge in [-0.3, -0.25) is 0 Å². The molecule has 0 spiro atoms. The van der Waals surface area contributed by atoms with Crippen LogP contribution in [0.5, 0.6) is 0 Å². The molecule has 0 saturated carbocycles. The van der Waals surface area contributed by atoms with E-state index < -0.39 is 0 Å². The van der Waals surface area contributed by atoms with Crippen molar-refractivity contribution < 1.29 is 14.9 Å². The Labute approximate surface area is 128 Å². The van der Waals surface area contributed by atoms with Crippen LogP contribution >= 0.6 is 0 Å². The van der Waals surface area contributed by atoms with Crippen molar-refractivity contribution in [3.05, 3.63) is 50.6 Å². The monoisotopic (exact) mass is 290 g/mol. The molecule has 0 aliphatic rings. The zero-order valence-corrected chi connectivity index (χ0v) is 14.6. The molecule has 3 heteroatoms. The lowest BCUT2D eigenvalue weighted by Crippen LogP contribution is -1.85. The maximum absolute atomic E-state index is 7.62. The maximum atomic E-state index is 7.62. The van der Waals surface area contributed by atoms with Crippen LogP contribution in [0, 0.1) is 0 Å². The predicted octanol–water partition coefficient (Wildman–Crippen LogP) is 4.39. The van der Waals surface area contributed by atoms with Gasteiger partial charge >= 0.3 is 0 Å². The minimum absolute atomic E-state index is 0.125. The largest absolute Gasteiger partial charge is 0.394 e. The van der Waals surface area contributed by atoms with E-state index in [9.17, 15) is 0 Å². The van der Waals surface area contributed by atoms with Gasteiger partial charge in [0.2, 0.25) is 0 Å². The Kier molecular flexibility index (Phi) is 197. The quantitative estimate of drug-likeness (QED) is 0.741. The third-order valence-electron chi connectivity index (χ3n) is 0.389. The molecule has 0 aromatic carbocycles. The summed E-state index contributed by atoms with van der Waals surface area (Å²) in [5.74, 6) is 0. The van der Waals surface area contributed by atoms with Crippen LogP contribution in [0.1, 0.15) is 34.6 Å². The minimum Gasteiger partial charge on any atom is -0.394 e. The van der Waals surface area contributed by atoms with E-state index in [-0.39, 0.29) is 13.2 Å². The number of hydrogen-bond acceptors (Lipinski definition) is 3. The minimum atomic E-state index is -0.125. The van der Waals surface area contributed by atoms with Gasteiger partial charge in [0.15, 0.2) is 0 Å².